The molecule has 0 aromatic heterocycles. The van der Waals surface area contributed by atoms with Crippen molar-refractivity contribution in [3.8, 4) is 16.9 Å². The van der Waals surface area contributed by atoms with Crippen molar-refractivity contribution in [2.24, 2.45) is 4.99 Å². The third kappa shape index (κ3) is 4.14. The Morgan fingerprint density at radius 2 is 1.68 bits per heavy atom. The topological polar surface area (TPSA) is 85.2 Å². The fourth-order valence-electron chi connectivity index (χ4n) is 4.68. The van der Waals surface area contributed by atoms with Gasteiger partial charge in [0.05, 0.1) is 17.5 Å². The van der Waals surface area contributed by atoms with Crippen LogP contribution < -0.4 is 5.32 Å². The number of rotatable bonds is 4. The summed E-state index contributed by atoms with van der Waals surface area (Å²) in [7, 11) is -2.71. The molecule has 31 heavy (non-hydrogen) atoms. The zero-order valence-electron chi connectivity index (χ0n) is 17.4. The molecule has 8 heteroatoms. The molecule has 0 amide bonds. The summed E-state index contributed by atoms with van der Waals surface area (Å²) in [5.74, 6) is 1.08. The third-order valence-electron chi connectivity index (χ3n) is 6.73. The summed E-state index contributed by atoms with van der Waals surface area (Å²) in [6.45, 7) is 4.54. The number of nitrogens with one attached hydrogen (secondary N) is 1. The summed E-state index contributed by atoms with van der Waals surface area (Å²) in [5.41, 5.74) is 2.59. The molecule has 7 nitrogen and oxygen atoms in total. The van der Waals surface area contributed by atoms with Crippen molar-refractivity contribution in [3.63, 3.8) is 0 Å². The molecule has 2 heterocycles. The Bertz CT molecular complexity index is 1050. The number of benzene rings is 2. The van der Waals surface area contributed by atoms with Gasteiger partial charge < -0.3 is 15.3 Å². The highest BCUT2D eigenvalue weighted by Crippen LogP contribution is 2.30. The average Bonchev–Trinajstić information content (AvgIpc) is 3.23. The minimum absolute atomic E-state index is 0.167. The molecular formula is C23H28N4O3S. The smallest absolute Gasteiger partial charge is 0.194 e. The van der Waals surface area contributed by atoms with Crippen molar-refractivity contribution in [1.82, 2.24) is 15.1 Å². The van der Waals surface area contributed by atoms with E-state index >= 15 is 0 Å². The van der Waals surface area contributed by atoms with Crippen LogP contribution in [0.3, 0.4) is 0 Å². The number of thiol groups is 1. The molecule has 2 N–H and O–H groups in total. The standard InChI is InChI=1S/C23H28N4O3S/c28-19-7-4-16(5-8-19)17-6-9-22(31(29)30)20(14-17)21-15-24-23(25-21)27-12-10-26(11-13-27)18-2-1-3-18/h4-9,14,18,21,28,31H,1-3,10-13,15H2,(H,24,25). The molecular weight excluding hydrogens is 412 g/mol. The van der Waals surface area contributed by atoms with E-state index in [0.717, 1.165) is 54.9 Å². The van der Waals surface area contributed by atoms with Gasteiger partial charge in [0.2, 0.25) is 0 Å². The normalized spacial score (nSPS) is 22.3. The van der Waals surface area contributed by atoms with Crippen molar-refractivity contribution in [3.05, 3.63) is 48.0 Å². The van der Waals surface area contributed by atoms with Gasteiger partial charge in [-0.3, -0.25) is 9.89 Å². The van der Waals surface area contributed by atoms with Crippen molar-refractivity contribution in [1.29, 1.82) is 0 Å². The van der Waals surface area contributed by atoms with Gasteiger partial charge in [0.1, 0.15) is 5.75 Å². The van der Waals surface area contributed by atoms with Gasteiger partial charge in [0.25, 0.3) is 0 Å². The van der Waals surface area contributed by atoms with Gasteiger partial charge in [-0.15, -0.1) is 0 Å². The molecule has 164 valence electrons. The Balaban J connectivity index is 1.32. The maximum absolute atomic E-state index is 11.9. The minimum Gasteiger partial charge on any atom is -0.508 e. The van der Waals surface area contributed by atoms with Crippen LogP contribution in [-0.2, 0) is 10.7 Å². The molecule has 5 rings (SSSR count). The van der Waals surface area contributed by atoms with Gasteiger partial charge in [-0.2, -0.15) is 0 Å². The Morgan fingerprint density at radius 1 is 0.968 bits per heavy atom. The number of nitrogens with zero attached hydrogens (tertiary/aromatic N) is 3. The first-order chi connectivity index (χ1) is 15.1. The average molecular weight is 441 g/mol. The van der Waals surface area contributed by atoms with Gasteiger partial charge >= 0.3 is 0 Å². The first kappa shape index (κ1) is 20.3. The van der Waals surface area contributed by atoms with E-state index in [1.165, 1.54) is 19.3 Å². The molecule has 1 atom stereocenters. The molecule has 0 bridgehead atoms. The first-order valence-electron chi connectivity index (χ1n) is 11.0. The highest BCUT2D eigenvalue weighted by Gasteiger charge is 2.31. The lowest BCUT2D eigenvalue weighted by Gasteiger charge is -2.43. The van der Waals surface area contributed by atoms with Crippen LogP contribution in [0, 0.1) is 0 Å². The van der Waals surface area contributed by atoms with E-state index in [9.17, 15) is 13.5 Å². The van der Waals surface area contributed by atoms with Crippen LogP contribution in [0.1, 0.15) is 30.9 Å². The number of guanidine groups is 1. The van der Waals surface area contributed by atoms with E-state index < -0.39 is 10.7 Å². The largest absolute Gasteiger partial charge is 0.508 e. The van der Waals surface area contributed by atoms with E-state index in [2.05, 4.69) is 15.1 Å². The number of phenols is 1. The number of phenolic OH excluding ortho intramolecular Hbond substituents is 1. The zero-order chi connectivity index (χ0) is 21.4. The van der Waals surface area contributed by atoms with Crippen LogP contribution in [0.15, 0.2) is 52.4 Å². The summed E-state index contributed by atoms with van der Waals surface area (Å²) in [5, 5.41) is 13.0. The van der Waals surface area contributed by atoms with Gasteiger partial charge in [-0.25, -0.2) is 8.42 Å². The second-order valence-corrected chi connectivity index (χ2v) is 9.54. The molecule has 2 aromatic rings. The van der Waals surface area contributed by atoms with Crippen molar-refractivity contribution in [2.75, 3.05) is 32.7 Å². The van der Waals surface area contributed by atoms with Crippen molar-refractivity contribution >= 4 is 16.7 Å². The van der Waals surface area contributed by atoms with E-state index in [4.69, 9.17) is 4.99 Å². The Labute approximate surface area is 184 Å². The highest BCUT2D eigenvalue weighted by atomic mass is 32.2. The van der Waals surface area contributed by atoms with E-state index in [1.807, 2.05) is 24.3 Å². The molecule has 3 aliphatic rings. The van der Waals surface area contributed by atoms with Crippen LogP contribution in [0.2, 0.25) is 0 Å². The maximum atomic E-state index is 11.9. The second kappa shape index (κ2) is 8.51. The summed E-state index contributed by atoms with van der Waals surface area (Å²) < 4.78 is 23.8. The first-order valence-corrected chi connectivity index (χ1v) is 12.1. The van der Waals surface area contributed by atoms with Gasteiger partial charge in [-0.05, 0) is 53.8 Å². The number of aliphatic imine (C=N–C) groups is 1. The number of aromatic hydroxyl groups is 1. The molecule has 2 fully saturated rings. The second-order valence-electron chi connectivity index (χ2n) is 8.55. The van der Waals surface area contributed by atoms with Crippen molar-refractivity contribution in [2.45, 2.75) is 36.2 Å². The Hall–Kier alpha value is -2.58. The fourth-order valence-corrected chi connectivity index (χ4v) is 5.30. The molecule has 1 unspecified atom stereocenters. The lowest BCUT2D eigenvalue weighted by molar-refractivity contribution is 0.0845. The number of hydrogen-bond donors (Lipinski definition) is 3. The Kier molecular flexibility index (Phi) is 5.58. The number of piperazine rings is 1. The summed E-state index contributed by atoms with van der Waals surface area (Å²) in [6.07, 6.45) is 4.01. The molecule has 1 saturated heterocycles. The summed E-state index contributed by atoms with van der Waals surface area (Å²) in [6, 6.07) is 12.9. The van der Waals surface area contributed by atoms with Crippen LogP contribution in [-0.4, -0.2) is 68.0 Å². The van der Waals surface area contributed by atoms with Crippen LogP contribution >= 0.6 is 0 Å². The molecule has 1 saturated carbocycles. The lowest BCUT2D eigenvalue weighted by atomic mass is 9.91. The summed E-state index contributed by atoms with van der Waals surface area (Å²) >= 11 is 0. The zero-order valence-corrected chi connectivity index (χ0v) is 18.3. The Morgan fingerprint density at radius 3 is 2.32 bits per heavy atom. The van der Waals surface area contributed by atoms with Crippen molar-refractivity contribution < 1.29 is 13.5 Å². The van der Waals surface area contributed by atoms with E-state index in [1.54, 1.807) is 18.2 Å². The SMILES string of the molecule is O=[SH](=O)c1ccc(-c2ccc(O)cc2)cc1C1CN=C(N2CCN(C3CCC3)CC2)N1. The predicted molar refractivity (Wildman–Crippen MR) is 121 cm³/mol. The van der Waals surface area contributed by atoms with E-state index in [0.29, 0.717) is 11.4 Å². The fraction of sp³-hybridized carbons (Fsp3) is 0.435. The van der Waals surface area contributed by atoms with E-state index in [-0.39, 0.29) is 11.8 Å². The quantitative estimate of drug-likeness (QED) is 0.632. The monoisotopic (exact) mass is 440 g/mol. The van der Waals surface area contributed by atoms with Crippen LogP contribution in [0.25, 0.3) is 11.1 Å². The van der Waals surface area contributed by atoms with Gasteiger partial charge in [-0.1, -0.05) is 24.6 Å². The predicted octanol–water partition coefficient (Wildman–Crippen LogP) is 2.20. The molecule has 0 spiro atoms. The lowest BCUT2D eigenvalue weighted by Crippen LogP contribution is -2.55. The van der Waals surface area contributed by atoms with Gasteiger partial charge in [0, 0.05) is 32.2 Å². The number of hydrogen-bond acceptors (Lipinski definition) is 7. The van der Waals surface area contributed by atoms with Crippen LogP contribution in [0.5, 0.6) is 5.75 Å². The molecule has 2 aliphatic heterocycles. The van der Waals surface area contributed by atoms with Crippen LogP contribution in [0.4, 0.5) is 0 Å². The molecule has 2 aromatic carbocycles. The molecule has 1 aliphatic carbocycles. The molecule has 0 radical (unpaired) electrons. The summed E-state index contributed by atoms with van der Waals surface area (Å²) in [4.78, 5) is 9.93. The van der Waals surface area contributed by atoms with Gasteiger partial charge in [0.15, 0.2) is 16.7 Å². The third-order valence-corrected chi connectivity index (χ3v) is 7.53. The minimum atomic E-state index is -2.71. The maximum Gasteiger partial charge on any atom is 0.194 e. The highest BCUT2D eigenvalue weighted by molar-refractivity contribution is 7.72.